The number of benzene rings is 1. The van der Waals surface area contributed by atoms with Crippen LogP contribution in [0.5, 0.6) is 0 Å². The number of carbonyl (C=O) groups is 2. The van der Waals surface area contributed by atoms with Crippen molar-refractivity contribution in [2.45, 2.75) is 0 Å². The van der Waals surface area contributed by atoms with Gasteiger partial charge >= 0.3 is 0 Å². The van der Waals surface area contributed by atoms with Gasteiger partial charge < -0.3 is 5.73 Å². The molecule has 1 aromatic rings. The second-order valence-corrected chi connectivity index (χ2v) is 3.34. The van der Waals surface area contributed by atoms with Gasteiger partial charge in [-0.1, -0.05) is 12.1 Å². The van der Waals surface area contributed by atoms with E-state index in [0.29, 0.717) is 5.56 Å². The molecule has 0 heterocycles. The summed E-state index contributed by atoms with van der Waals surface area (Å²) in [5.74, 6) is -0.748. The fraction of sp³-hybridized carbons (Fsp3) is 0.167. The highest BCUT2D eigenvalue weighted by molar-refractivity contribution is 5.93. The Labute approximate surface area is 99.4 Å². The Kier molecular flexibility index (Phi) is 4.42. The van der Waals surface area contributed by atoms with Crippen molar-refractivity contribution >= 4 is 17.9 Å². The maximum absolute atomic E-state index is 11.4. The molecule has 0 saturated carbocycles. The topological polar surface area (TPSA) is 72.6 Å². The number of hydrogen-bond acceptors (Lipinski definition) is 3. The molecule has 0 radical (unpaired) electrons. The third-order valence-corrected chi connectivity index (χ3v) is 2.20. The van der Waals surface area contributed by atoms with Gasteiger partial charge in [0.05, 0.1) is 7.11 Å². The monoisotopic (exact) mass is 234 g/mol. The molecule has 5 nitrogen and oxygen atoms in total. The number of hydrogen-bond donors (Lipinski definition) is 1. The average molecular weight is 234 g/mol. The summed E-state index contributed by atoms with van der Waals surface area (Å²) in [6, 6.07) is 6.62. The summed E-state index contributed by atoms with van der Waals surface area (Å²) in [7, 11) is 2.93. The summed E-state index contributed by atoms with van der Waals surface area (Å²) >= 11 is 0. The van der Waals surface area contributed by atoms with Crippen molar-refractivity contribution < 1.29 is 14.4 Å². The lowest BCUT2D eigenvalue weighted by atomic mass is 10.1. The zero-order valence-corrected chi connectivity index (χ0v) is 9.71. The molecule has 0 atom stereocenters. The van der Waals surface area contributed by atoms with Crippen LogP contribution in [0.3, 0.4) is 0 Å². The SMILES string of the molecule is CON(C)C(=O)C=Cc1ccc(C(N)=O)cc1. The van der Waals surface area contributed by atoms with E-state index in [-0.39, 0.29) is 5.91 Å². The molecular weight excluding hydrogens is 220 g/mol. The number of nitrogens with two attached hydrogens (primary N) is 1. The first-order valence-electron chi connectivity index (χ1n) is 4.94. The van der Waals surface area contributed by atoms with Crippen LogP contribution in [0.25, 0.3) is 6.08 Å². The number of primary amides is 1. The van der Waals surface area contributed by atoms with Gasteiger partial charge in [-0.15, -0.1) is 0 Å². The summed E-state index contributed by atoms with van der Waals surface area (Å²) in [6.45, 7) is 0. The average Bonchev–Trinajstić information content (AvgIpc) is 2.35. The number of amides is 2. The van der Waals surface area contributed by atoms with Crippen molar-refractivity contribution in [3.63, 3.8) is 0 Å². The number of rotatable bonds is 4. The van der Waals surface area contributed by atoms with Crippen molar-refractivity contribution in [2.24, 2.45) is 5.73 Å². The summed E-state index contributed by atoms with van der Waals surface area (Å²) < 4.78 is 0. The van der Waals surface area contributed by atoms with E-state index in [1.54, 1.807) is 30.3 Å². The van der Waals surface area contributed by atoms with Crippen molar-refractivity contribution in [2.75, 3.05) is 14.2 Å². The lowest BCUT2D eigenvalue weighted by Crippen LogP contribution is -2.22. The molecule has 0 saturated heterocycles. The predicted molar refractivity (Wildman–Crippen MR) is 63.8 cm³/mol. The van der Waals surface area contributed by atoms with Crippen molar-refractivity contribution in [1.82, 2.24) is 5.06 Å². The molecule has 0 fully saturated rings. The molecule has 5 heteroatoms. The summed E-state index contributed by atoms with van der Waals surface area (Å²) in [5, 5.41) is 1.11. The second kappa shape index (κ2) is 5.81. The molecule has 0 aliphatic heterocycles. The van der Waals surface area contributed by atoms with E-state index >= 15 is 0 Å². The van der Waals surface area contributed by atoms with Crippen LogP contribution >= 0.6 is 0 Å². The number of hydroxylamine groups is 2. The Morgan fingerprint density at radius 2 is 1.88 bits per heavy atom. The van der Waals surface area contributed by atoms with E-state index in [1.165, 1.54) is 20.2 Å². The molecule has 0 spiro atoms. The predicted octanol–water partition coefficient (Wildman–Crippen LogP) is 0.818. The maximum Gasteiger partial charge on any atom is 0.269 e. The van der Waals surface area contributed by atoms with Gasteiger partial charge in [0.2, 0.25) is 5.91 Å². The van der Waals surface area contributed by atoms with Gasteiger partial charge in [-0.3, -0.25) is 14.4 Å². The Morgan fingerprint density at radius 3 is 2.35 bits per heavy atom. The van der Waals surface area contributed by atoms with Crippen LogP contribution in [-0.4, -0.2) is 31.0 Å². The quantitative estimate of drug-likeness (QED) is 0.619. The first-order valence-corrected chi connectivity index (χ1v) is 4.94. The highest BCUT2D eigenvalue weighted by Crippen LogP contribution is 2.06. The van der Waals surface area contributed by atoms with Crippen molar-refractivity contribution in [3.8, 4) is 0 Å². The first-order chi connectivity index (χ1) is 8.04. The van der Waals surface area contributed by atoms with Crippen LogP contribution in [0.4, 0.5) is 0 Å². The lowest BCUT2D eigenvalue weighted by Gasteiger charge is -2.09. The largest absolute Gasteiger partial charge is 0.366 e. The van der Waals surface area contributed by atoms with Gasteiger partial charge in [0.1, 0.15) is 0 Å². The van der Waals surface area contributed by atoms with Crippen LogP contribution in [0, 0.1) is 0 Å². The standard InChI is InChI=1S/C12H14N2O3/c1-14(17-2)11(15)8-5-9-3-6-10(7-4-9)12(13)16/h3-8H,1-2H3,(H2,13,16). The number of nitrogens with zero attached hydrogens (tertiary/aromatic N) is 1. The zero-order chi connectivity index (χ0) is 12.8. The third-order valence-electron chi connectivity index (χ3n) is 2.20. The maximum atomic E-state index is 11.4. The smallest absolute Gasteiger partial charge is 0.269 e. The Morgan fingerprint density at radius 1 is 1.29 bits per heavy atom. The van der Waals surface area contributed by atoms with Gasteiger partial charge in [-0.2, -0.15) is 0 Å². The highest BCUT2D eigenvalue weighted by Gasteiger charge is 2.02. The van der Waals surface area contributed by atoms with E-state index in [9.17, 15) is 9.59 Å². The lowest BCUT2D eigenvalue weighted by molar-refractivity contribution is -0.162. The number of carbonyl (C=O) groups excluding carboxylic acids is 2. The molecule has 1 rings (SSSR count). The Bertz CT molecular complexity index is 438. The first kappa shape index (κ1) is 12.9. The third kappa shape index (κ3) is 3.73. The molecule has 0 aromatic heterocycles. The molecule has 2 amide bonds. The fourth-order valence-corrected chi connectivity index (χ4v) is 1.12. The van der Waals surface area contributed by atoms with E-state index in [1.807, 2.05) is 0 Å². The van der Waals surface area contributed by atoms with Crippen molar-refractivity contribution in [3.05, 3.63) is 41.5 Å². The van der Waals surface area contributed by atoms with Gasteiger partial charge in [0, 0.05) is 18.7 Å². The number of likely N-dealkylation sites (N-methyl/N-ethyl adjacent to an activating group) is 1. The molecule has 17 heavy (non-hydrogen) atoms. The molecule has 1 aromatic carbocycles. The Balaban J connectivity index is 2.72. The second-order valence-electron chi connectivity index (χ2n) is 3.34. The van der Waals surface area contributed by atoms with Crippen LogP contribution in [0.2, 0.25) is 0 Å². The van der Waals surface area contributed by atoms with Crippen LogP contribution in [0.1, 0.15) is 15.9 Å². The van der Waals surface area contributed by atoms with E-state index in [0.717, 1.165) is 10.6 Å². The van der Waals surface area contributed by atoms with E-state index in [2.05, 4.69) is 0 Å². The minimum Gasteiger partial charge on any atom is -0.366 e. The van der Waals surface area contributed by atoms with Crippen LogP contribution in [0.15, 0.2) is 30.3 Å². The van der Waals surface area contributed by atoms with E-state index in [4.69, 9.17) is 10.6 Å². The van der Waals surface area contributed by atoms with Gasteiger partial charge in [0.25, 0.3) is 5.91 Å². The van der Waals surface area contributed by atoms with Gasteiger partial charge in [-0.25, -0.2) is 5.06 Å². The molecule has 0 aliphatic carbocycles. The molecule has 0 bridgehead atoms. The summed E-state index contributed by atoms with van der Waals surface area (Å²) in [5.41, 5.74) is 6.34. The molecule has 90 valence electrons. The van der Waals surface area contributed by atoms with Crippen LogP contribution < -0.4 is 5.73 Å². The zero-order valence-electron chi connectivity index (χ0n) is 9.71. The Hall–Kier alpha value is -2.14. The molecule has 2 N–H and O–H groups in total. The summed E-state index contributed by atoms with van der Waals surface area (Å²) in [4.78, 5) is 26.9. The van der Waals surface area contributed by atoms with Gasteiger partial charge in [0.15, 0.2) is 0 Å². The van der Waals surface area contributed by atoms with E-state index < -0.39 is 5.91 Å². The highest BCUT2D eigenvalue weighted by atomic mass is 16.7. The minimum absolute atomic E-state index is 0.272. The van der Waals surface area contributed by atoms with Crippen LogP contribution in [-0.2, 0) is 9.63 Å². The molecule has 0 aliphatic rings. The fourth-order valence-electron chi connectivity index (χ4n) is 1.12. The molecule has 0 unspecified atom stereocenters. The van der Waals surface area contributed by atoms with Crippen molar-refractivity contribution in [1.29, 1.82) is 0 Å². The minimum atomic E-state index is -0.476. The molecular formula is C12H14N2O3. The normalized spacial score (nSPS) is 10.5. The summed E-state index contributed by atoms with van der Waals surface area (Å²) in [6.07, 6.45) is 3.01. The van der Waals surface area contributed by atoms with Gasteiger partial charge in [-0.05, 0) is 23.8 Å².